The Hall–Kier alpha value is -2.86. The Kier molecular flexibility index (Phi) is 6.96. The summed E-state index contributed by atoms with van der Waals surface area (Å²) in [5.41, 5.74) is 2.09. The zero-order chi connectivity index (χ0) is 20.0. The van der Waals surface area contributed by atoms with Gasteiger partial charge in [0.2, 0.25) is 5.91 Å². The smallest absolute Gasteiger partial charge is 0.255 e. The topological polar surface area (TPSA) is 87.3 Å². The van der Waals surface area contributed by atoms with Gasteiger partial charge in [-0.1, -0.05) is 23.7 Å². The molecule has 0 saturated carbocycles. The minimum atomic E-state index is -0.343. The molecule has 0 bridgehead atoms. The van der Waals surface area contributed by atoms with Gasteiger partial charge in [0.05, 0.1) is 10.7 Å². The first-order valence-corrected chi connectivity index (χ1v) is 8.89. The van der Waals surface area contributed by atoms with Gasteiger partial charge in [-0.05, 0) is 49.7 Å². The zero-order valence-corrected chi connectivity index (χ0v) is 16.2. The number of carbonyl (C=O) groups is 3. The van der Waals surface area contributed by atoms with Crippen LogP contribution in [0.3, 0.4) is 0 Å². The molecular formula is C20H22ClN3O3. The molecule has 2 rings (SSSR count). The van der Waals surface area contributed by atoms with Crippen molar-refractivity contribution < 1.29 is 14.4 Å². The van der Waals surface area contributed by atoms with Gasteiger partial charge in [0.15, 0.2) is 0 Å². The number of amides is 3. The van der Waals surface area contributed by atoms with Gasteiger partial charge in [-0.3, -0.25) is 14.4 Å². The predicted octanol–water partition coefficient (Wildman–Crippen LogP) is 3.37. The van der Waals surface area contributed by atoms with Gasteiger partial charge in [-0.2, -0.15) is 0 Å². The number of halogens is 1. The van der Waals surface area contributed by atoms with Crippen molar-refractivity contribution in [3.63, 3.8) is 0 Å². The number of anilines is 1. The number of hydrogen-bond donors (Lipinski definition) is 3. The molecule has 0 atom stereocenters. The lowest BCUT2D eigenvalue weighted by Crippen LogP contribution is -2.30. The van der Waals surface area contributed by atoms with Crippen molar-refractivity contribution in [3.05, 3.63) is 64.2 Å². The van der Waals surface area contributed by atoms with Gasteiger partial charge >= 0.3 is 0 Å². The van der Waals surface area contributed by atoms with E-state index in [1.165, 1.54) is 6.92 Å². The maximum Gasteiger partial charge on any atom is 0.255 e. The van der Waals surface area contributed by atoms with Crippen molar-refractivity contribution in [2.75, 3.05) is 5.32 Å². The molecule has 0 radical (unpaired) electrons. The number of hydrogen-bond acceptors (Lipinski definition) is 3. The van der Waals surface area contributed by atoms with Crippen molar-refractivity contribution in [1.29, 1.82) is 0 Å². The first kappa shape index (κ1) is 20.5. The molecule has 0 heterocycles. The summed E-state index contributed by atoms with van der Waals surface area (Å²) in [4.78, 5) is 35.5. The lowest BCUT2D eigenvalue weighted by molar-refractivity contribution is -0.119. The molecule has 2 aromatic rings. The van der Waals surface area contributed by atoms with E-state index in [-0.39, 0.29) is 23.8 Å². The molecule has 3 amide bonds. The number of benzene rings is 2. The van der Waals surface area contributed by atoms with Crippen LogP contribution in [0.1, 0.15) is 47.1 Å². The number of rotatable bonds is 6. The largest absolute Gasteiger partial charge is 0.352 e. The molecule has 0 unspecified atom stereocenters. The molecular weight excluding hydrogens is 366 g/mol. The van der Waals surface area contributed by atoms with Crippen molar-refractivity contribution in [3.8, 4) is 0 Å². The van der Waals surface area contributed by atoms with Crippen LogP contribution in [0, 0.1) is 0 Å². The quantitative estimate of drug-likeness (QED) is 0.710. The normalized spacial score (nSPS) is 10.4. The van der Waals surface area contributed by atoms with Gasteiger partial charge in [0.1, 0.15) is 0 Å². The number of nitrogens with one attached hydrogen (secondary N) is 3. The van der Waals surface area contributed by atoms with Crippen molar-refractivity contribution in [1.82, 2.24) is 10.6 Å². The van der Waals surface area contributed by atoms with E-state index in [4.69, 9.17) is 11.6 Å². The van der Waals surface area contributed by atoms with Crippen LogP contribution in [0.25, 0.3) is 0 Å². The standard InChI is InChI=1S/C20H22ClN3O3/c1-12(2)23-20(27)16-8-9-17(21)18(10-16)24-19(26)15-6-4-14(5-7-15)11-22-13(3)25/h4-10,12H,11H2,1-3H3,(H,22,25)(H,23,27)(H,24,26). The Balaban J connectivity index is 2.10. The number of carbonyl (C=O) groups excluding carboxylic acids is 3. The summed E-state index contributed by atoms with van der Waals surface area (Å²) in [5, 5.41) is 8.55. The van der Waals surface area contributed by atoms with E-state index in [1.54, 1.807) is 42.5 Å². The Morgan fingerprint density at radius 3 is 2.19 bits per heavy atom. The Morgan fingerprint density at radius 1 is 0.963 bits per heavy atom. The van der Waals surface area contributed by atoms with Crippen LogP contribution in [0.5, 0.6) is 0 Å². The van der Waals surface area contributed by atoms with Crippen LogP contribution in [0.2, 0.25) is 5.02 Å². The van der Waals surface area contributed by atoms with Crippen LogP contribution >= 0.6 is 11.6 Å². The van der Waals surface area contributed by atoms with Crippen LogP contribution in [0.4, 0.5) is 5.69 Å². The van der Waals surface area contributed by atoms with E-state index in [2.05, 4.69) is 16.0 Å². The molecule has 0 spiro atoms. The average molecular weight is 388 g/mol. The summed E-state index contributed by atoms with van der Waals surface area (Å²) < 4.78 is 0. The highest BCUT2D eigenvalue weighted by Crippen LogP contribution is 2.24. The summed E-state index contributed by atoms with van der Waals surface area (Å²) in [6, 6.07) is 11.6. The fraction of sp³-hybridized carbons (Fsp3) is 0.250. The molecule has 0 aliphatic carbocycles. The summed E-state index contributed by atoms with van der Waals surface area (Å²) in [6.45, 7) is 5.58. The molecule has 142 valence electrons. The van der Waals surface area contributed by atoms with Crippen LogP contribution in [0.15, 0.2) is 42.5 Å². The molecule has 2 aromatic carbocycles. The monoisotopic (exact) mass is 387 g/mol. The Morgan fingerprint density at radius 2 is 1.59 bits per heavy atom. The zero-order valence-electron chi connectivity index (χ0n) is 15.4. The first-order valence-electron chi connectivity index (χ1n) is 8.51. The highest BCUT2D eigenvalue weighted by Gasteiger charge is 2.13. The van der Waals surface area contributed by atoms with Crippen molar-refractivity contribution in [2.45, 2.75) is 33.4 Å². The Bertz CT molecular complexity index is 848. The molecule has 0 aromatic heterocycles. The van der Waals surface area contributed by atoms with Crippen LogP contribution in [-0.2, 0) is 11.3 Å². The van der Waals surface area contributed by atoms with E-state index in [1.807, 2.05) is 13.8 Å². The maximum absolute atomic E-state index is 12.5. The molecule has 7 heteroatoms. The van der Waals surface area contributed by atoms with Gasteiger partial charge in [-0.15, -0.1) is 0 Å². The average Bonchev–Trinajstić information content (AvgIpc) is 2.61. The second-order valence-electron chi connectivity index (χ2n) is 6.38. The molecule has 27 heavy (non-hydrogen) atoms. The Labute approximate surface area is 163 Å². The molecule has 0 aliphatic rings. The van der Waals surface area contributed by atoms with E-state index in [9.17, 15) is 14.4 Å². The van der Waals surface area contributed by atoms with E-state index >= 15 is 0 Å². The van der Waals surface area contributed by atoms with Gasteiger partial charge in [0.25, 0.3) is 11.8 Å². The summed E-state index contributed by atoms with van der Waals surface area (Å²) in [7, 11) is 0. The van der Waals surface area contributed by atoms with Crippen molar-refractivity contribution in [2.24, 2.45) is 0 Å². The van der Waals surface area contributed by atoms with Crippen LogP contribution in [-0.4, -0.2) is 23.8 Å². The highest BCUT2D eigenvalue weighted by atomic mass is 35.5. The minimum Gasteiger partial charge on any atom is -0.352 e. The summed E-state index contributed by atoms with van der Waals surface area (Å²) in [6.07, 6.45) is 0. The lowest BCUT2D eigenvalue weighted by Gasteiger charge is -2.12. The van der Waals surface area contributed by atoms with Gasteiger partial charge < -0.3 is 16.0 Å². The van der Waals surface area contributed by atoms with Gasteiger partial charge in [0, 0.05) is 30.6 Å². The fourth-order valence-corrected chi connectivity index (χ4v) is 2.47. The molecule has 0 saturated heterocycles. The SMILES string of the molecule is CC(=O)NCc1ccc(C(=O)Nc2cc(C(=O)NC(C)C)ccc2Cl)cc1. The van der Waals surface area contributed by atoms with Crippen molar-refractivity contribution >= 4 is 35.0 Å². The third-order valence-electron chi connectivity index (χ3n) is 3.65. The maximum atomic E-state index is 12.5. The molecule has 6 nitrogen and oxygen atoms in total. The minimum absolute atomic E-state index is 0.00206. The summed E-state index contributed by atoms with van der Waals surface area (Å²) >= 11 is 6.15. The molecule has 0 fully saturated rings. The molecule has 3 N–H and O–H groups in total. The second kappa shape index (κ2) is 9.19. The summed E-state index contributed by atoms with van der Waals surface area (Å²) in [5.74, 6) is -0.697. The van der Waals surface area contributed by atoms with Crippen LogP contribution < -0.4 is 16.0 Å². The fourth-order valence-electron chi connectivity index (χ4n) is 2.30. The molecule has 0 aliphatic heterocycles. The third kappa shape index (κ3) is 6.11. The predicted molar refractivity (Wildman–Crippen MR) is 106 cm³/mol. The second-order valence-corrected chi connectivity index (χ2v) is 6.79. The lowest BCUT2D eigenvalue weighted by atomic mass is 10.1. The van der Waals surface area contributed by atoms with E-state index in [0.717, 1.165) is 5.56 Å². The van der Waals surface area contributed by atoms with E-state index in [0.29, 0.717) is 28.4 Å². The van der Waals surface area contributed by atoms with E-state index < -0.39 is 0 Å². The third-order valence-corrected chi connectivity index (χ3v) is 3.98. The first-order chi connectivity index (χ1) is 12.8. The van der Waals surface area contributed by atoms with Gasteiger partial charge in [-0.25, -0.2) is 0 Å². The highest BCUT2D eigenvalue weighted by molar-refractivity contribution is 6.34.